The van der Waals surface area contributed by atoms with Gasteiger partial charge in [0.15, 0.2) is 6.61 Å². The van der Waals surface area contributed by atoms with Crippen LogP contribution in [0.5, 0.6) is 5.75 Å². The molecule has 1 heterocycles. The molecule has 0 bridgehead atoms. The first-order chi connectivity index (χ1) is 11.6. The molecule has 2 aliphatic rings. The minimum absolute atomic E-state index is 0.0241. The van der Waals surface area contributed by atoms with Crippen LogP contribution >= 0.6 is 0 Å². The largest absolute Gasteiger partial charge is 0.484 e. The normalized spacial score (nSPS) is 19.5. The molecule has 0 radical (unpaired) electrons. The van der Waals surface area contributed by atoms with E-state index in [0.717, 1.165) is 44.3 Å². The van der Waals surface area contributed by atoms with Gasteiger partial charge in [-0.2, -0.15) is 0 Å². The smallest absolute Gasteiger partial charge is 0.258 e. The molecule has 1 aliphatic heterocycles. The van der Waals surface area contributed by atoms with Gasteiger partial charge in [0.2, 0.25) is 5.91 Å². The van der Waals surface area contributed by atoms with Crippen molar-refractivity contribution in [3.8, 4) is 5.75 Å². The molecule has 0 unspecified atom stereocenters. The van der Waals surface area contributed by atoms with Crippen LogP contribution < -0.4 is 20.7 Å². The van der Waals surface area contributed by atoms with Crippen LogP contribution in [0.2, 0.25) is 0 Å². The molecule has 1 saturated carbocycles. The highest BCUT2D eigenvalue weighted by atomic mass is 16.5. The molecule has 1 aliphatic carbocycles. The van der Waals surface area contributed by atoms with Crippen molar-refractivity contribution in [2.75, 3.05) is 24.6 Å². The summed E-state index contributed by atoms with van der Waals surface area (Å²) >= 11 is 0. The van der Waals surface area contributed by atoms with Crippen molar-refractivity contribution in [3.05, 3.63) is 24.3 Å². The Kier molecular flexibility index (Phi) is 5.04. The van der Waals surface area contributed by atoms with E-state index in [1.54, 1.807) is 17.0 Å². The number of ether oxygens (including phenoxy) is 1. The van der Waals surface area contributed by atoms with Gasteiger partial charge in [0.25, 0.3) is 5.91 Å². The average molecular weight is 331 g/mol. The van der Waals surface area contributed by atoms with Gasteiger partial charge < -0.3 is 20.7 Å². The maximum absolute atomic E-state index is 12.1. The molecule has 3 rings (SSSR count). The Morgan fingerprint density at radius 1 is 1.21 bits per heavy atom. The summed E-state index contributed by atoms with van der Waals surface area (Å²) in [4.78, 5) is 25.6. The van der Waals surface area contributed by atoms with E-state index in [0.29, 0.717) is 18.7 Å². The minimum atomic E-state index is -0.250. The second-order valence-electron chi connectivity index (χ2n) is 6.67. The number of carbonyl (C=O) groups is 2. The standard InChI is InChI=1S/C18H25N3O3/c19-13-18(9-1-2-10-18)20-16(22)12-24-15-7-5-14(6-8-15)21-11-3-4-17(21)23/h5-8H,1-4,9-13,19H2,(H,20,22). The monoisotopic (exact) mass is 331 g/mol. The number of anilines is 1. The van der Waals surface area contributed by atoms with Crippen molar-refractivity contribution in [1.82, 2.24) is 5.32 Å². The maximum atomic E-state index is 12.1. The number of hydrogen-bond donors (Lipinski definition) is 2. The van der Waals surface area contributed by atoms with Crippen LogP contribution in [0.1, 0.15) is 38.5 Å². The van der Waals surface area contributed by atoms with Crippen molar-refractivity contribution >= 4 is 17.5 Å². The van der Waals surface area contributed by atoms with E-state index in [1.807, 2.05) is 12.1 Å². The van der Waals surface area contributed by atoms with Crippen LogP contribution in [0.15, 0.2) is 24.3 Å². The van der Waals surface area contributed by atoms with Crippen LogP contribution in [-0.2, 0) is 9.59 Å². The van der Waals surface area contributed by atoms with Crippen LogP contribution in [0.3, 0.4) is 0 Å². The van der Waals surface area contributed by atoms with E-state index in [9.17, 15) is 9.59 Å². The van der Waals surface area contributed by atoms with E-state index in [4.69, 9.17) is 10.5 Å². The van der Waals surface area contributed by atoms with Gasteiger partial charge in [0.05, 0.1) is 5.54 Å². The molecule has 0 spiro atoms. The number of carbonyl (C=O) groups excluding carboxylic acids is 2. The highest BCUT2D eigenvalue weighted by Crippen LogP contribution is 2.28. The zero-order valence-electron chi connectivity index (χ0n) is 13.9. The number of rotatable bonds is 6. The van der Waals surface area contributed by atoms with Crippen LogP contribution in [0.4, 0.5) is 5.69 Å². The number of nitrogens with one attached hydrogen (secondary N) is 1. The van der Waals surface area contributed by atoms with E-state index in [-0.39, 0.29) is 24.0 Å². The summed E-state index contributed by atoms with van der Waals surface area (Å²) in [7, 11) is 0. The number of benzene rings is 1. The van der Waals surface area contributed by atoms with Crippen molar-refractivity contribution < 1.29 is 14.3 Å². The lowest BCUT2D eigenvalue weighted by atomic mass is 9.98. The maximum Gasteiger partial charge on any atom is 0.258 e. The predicted octanol–water partition coefficient (Wildman–Crippen LogP) is 1.58. The molecule has 0 atom stereocenters. The summed E-state index contributed by atoms with van der Waals surface area (Å²) in [6.45, 7) is 1.21. The molecular formula is C18H25N3O3. The third-order valence-electron chi connectivity index (χ3n) is 4.95. The molecular weight excluding hydrogens is 306 g/mol. The Bertz CT molecular complexity index is 594. The van der Waals surface area contributed by atoms with Gasteiger partial charge in [0, 0.05) is 25.2 Å². The number of nitrogens with zero attached hydrogens (tertiary/aromatic N) is 1. The summed E-state index contributed by atoms with van der Waals surface area (Å²) < 4.78 is 5.56. The molecule has 24 heavy (non-hydrogen) atoms. The topological polar surface area (TPSA) is 84.7 Å². The van der Waals surface area contributed by atoms with Crippen molar-refractivity contribution in [1.29, 1.82) is 0 Å². The quantitative estimate of drug-likeness (QED) is 0.829. The zero-order chi connectivity index (χ0) is 17.0. The third-order valence-corrected chi connectivity index (χ3v) is 4.95. The Morgan fingerprint density at radius 3 is 2.50 bits per heavy atom. The molecule has 6 nitrogen and oxygen atoms in total. The Balaban J connectivity index is 1.51. The first-order valence-corrected chi connectivity index (χ1v) is 8.66. The molecule has 2 amide bonds. The Morgan fingerprint density at radius 2 is 1.92 bits per heavy atom. The SMILES string of the molecule is NCC1(NC(=O)COc2ccc(N3CCCC3=O)cc2)CCCC1. The van der Waals surface area contributed by atoms with E-state index < -0.39 is 0 Å². The first-order valence-electron chi connectivity index (χ1n) is 8.66. The Hall–Kier alpha value is -2.08. The summed E-state index contributed by atoms with van der Waals surface area (Å²) in [5.74, 6) is 0.640. The van der Waals surface area contributed by atoms with Gasteiger partial charge in [-0.15, -0.1) is 0 Å². The predicted molar refractivity (Wildman–Crippen MR) is 91.9 cm³/mol. The van der Waals surface area contributed by atoms with Gasteiger partial charge in [-0.05, 0) is 43.5 Å². The van der Waals surface area contributed by atoms with E-state index >= 15 is 0 Å². The lowest BCUT2D eigenvalue weighted by molar-refractivity contribution is -0.125. The number of hydrogen-bond acceptors (Lipinski definition) is 4. The molecule has 1 aromatic carbocycles. The number of nitrogens with two attached hydrogens (primary N) is 1. The molecule has 3 N–H and O–H groups in total. The van der Waals surface area contributed by atoms with Crippen LogP contribution in [-0.4, -0.2) is 37.0 Å². The fourth-order valence-electron chi connectivity index (χ4n) is 3.56. The summed E-state index contributed by atoms with van der Waals surface area (Å²) in [5, 5.41) is 3.03. The molecule has 0 aromatic heterocycles. The lowest BCUT2D eigenvalue weighted by Gasteiger charge is -2.28. The molecule has 1 aromatic rings. The van der Waals surface area contributed by atoms with Crippen molar-refractivity contribution in [2.45, 2.75) is 44.1 Å². The summed E-state index contributed by atoms with van der Waals surface area (Å²) in [6.07, 6.45) is 5.60. The first kappa shape index (κ1) is 16.8. The molecule has 2 fully saturated rings. The van der Waals surface area contributed by atoms with Gasteiger partial charge in [-0.1, -0.05) is 12.8 Å². The molecule has 6 heteroatoms. The average Bonchev–Trinajstić information content (AvgIpc) is 3.23. The van der Waals surface area contributed by atoms with Crippen molar-refractivity contribution in [3.63, 3.8) is 0 Å². The van der Waals surface area contributed by atoms with Gasteiger partial charge in [-0.25, -0.2) is 0 Å². The summed E-state index contributed by atoms with van der Waals surface area (Å²) in [5.41, 5.74) is 6.45. The lowest BCUT2D eigenvalue weighted by Crippen LogP contribution is -2.52. The minimum Gasteiger partial charge on any atom is -0.484 e. The Labute approximate surface area is 142 Å². The highest BCUT2D eigenvalue weighted by molar-refractivity contribution is 5.95. The summed E-state index contributed by atoms with van der Waals surface area (Å²) in [6, 6.07) is 7.30. The van der Waals surface area contributed by atoms with Gasteiger partial charge in [0.1, 0.15) is 5.75 Å². The van der Waals surface area contributed by atoms with Gasteiger partial charge >= 0.3 is 0 Å². The van der Waals surface area contributed by atoms with Crippen LogP contribution in [0, 0.1) is 0 Å². The van der Waals surface area contributed by atoms with E-state index in [2.05, 4.69) is 5.32 Å². The molecule has 130 valence electrons. The zero-order valence-corrected chi connectivity index (χ0v) is 13.9. The third kappa shape index (κ3) is 3.70. The molecule has 1 saturated heterocycles. The second kappa shape index (κ2) is 7.21. The second-order valence-corrected chi connectivity index (χ2v) is 6.67. The van der Waals surface area contributed by atoms with Gasteiger partial charge in [-0.3, -0.25) is 9.59 Å². The van der Waals surface area contributed by atoms with Crippen LogP contribution in [0.25, 0.3) is 0 Å². The van der Waals surface area contributed by atoms with Crippen molar-refractivity contribution in [2.24, 2.45) is 5.73 Å². The highest BCUT2D eigenvalue weighted by Gasteiger charge is 2.33. The fourth-order valence-corrected chi connectivity index (χ4v) is 3.56. The fraction of sp³-hybridized carbons (Fsp3) is 0.556. The van der Waals surface area contributed by atoms with E-state index in [1.165, 1.54) is 0 Å². The number of amides is 2.